The average Bonchev–Trinajstić information content (AvgIpc) is 3.04. The molecule has 0 aliphatic heterocycles. The van der Waals surface area contributed by atoms with Crippen molar-refractivity contribution in [3.8, 4) is 11.4 Å². The van der Waals surface area contributed by atoms with E-state index in [1.165, 1.54) is 7.11 Å². The predicted molar refractivity (Wildman–Crippen MR) is 65.1 cm³/mol. The van der Waals surface area contributed by atoms with E-state index in [1.54, 1.807) is 30.7 Å². The van der Waals surface area contributed by atoms with Crippen LogP contribution in [-0.2, 0) is 4.74 Å². The Bertz CT molecular complexity index is 698. The molecule has 18 heavy (non-hydrogen) atoms. The highest BCUT2D eigenvalue weighted by molar-refractivity contribution is 5.94. The number of aromatic amines is 1. The van der Waals surface area contributed by atoms with Gasteiger partial charge in [-0.2, -0.15) is 0 Å². The van der Waals surface area contributed by atoms with E-state index in [4.69, 9.17) is 4.42 Å². The smallest absolute Gasteiger partial charge is 0.337 e. The third kappa shape index (κ3) is 1.66. The Morgan fingerprint density at radius 1 is 1.39 bits per heavy atom. The number of benzene rings is 1. The van der Waals surface area contributed by atoms with Crippen molar-refractivity contribution in [1.29, 1.82) is 0 Å². The van der Waals surface area contributed by atoms with Crippen molar-refractivity contribution in [2.75, 3.05) is 7.11 Å². The normalized spacial score (nSPS) is 10.7. The highest BCUT2D eigenvalue weighted by Gasteiger charge is 2.10. The number of rotatable bonds is 2. The van der Waals surface area contributed by atoms with Gasteiger partial charge in [-0.05, 0) is 24.3 Å². The van der Waals surface area contributed by atoms with Crippen molar-refractivity contribution in [3.05, 3.63) is 42.4 Å². The highest BCUT2D eigenvalue weighted by atomic mass is 16.5. The van der Waals surface area contributed by atoms with Crippen LogP contribution in [0.15, 0.2) is 41.2 Å². The second-order valence-corrected chi connectivity index (χ2v) is 3.82. The van der Waals surface area contributed by atoms with Gasteiger partial charge in [0.25, 0.3) is 0 Å². The van der Waals surface area contributed by atoms with E-state index in [1.807, 2.05) is 6.07 Å². The Kier molecular flexibility index (Phi) is 2.37. The summed E-state index contributed by atoms with van der Waals surface area (Å²) in [6.45, 7) is 0. The van der Waals surface area contributed by atoms with Crippen molar-refractivity contribution in [1.82, 2.24) is 9.97 Å². The first-order chi connectivity index (χ1) is 8.78. The fourth-order valence-corrected chi connectivity index (χ4v) is 1.79. The van der Waals surface area contributed by atoms with Gasteiger partial charge in [0.2, 0.25) is 0 Å². The van der Waals surface area contributed by atoms with Crippen LogP contribution in [0.25, 0.3) is 22.4 Å². The first-order valence-corrected chi connectivity index (χ1v) is 5.38. The van der Waals surface area contributed by atoms with Gasteiger partial charge in [-0.15, -0.1) is 0 Å². The third-order valence-electron chi connectivity index (χ3n) is 2.70. The number of aromatic nitrogens is 2. The van der Waals surface area contributed by atoms with Crippen molar-refractivity contribution in [3.63, 3.8) is 0 Å². The molecule has 90 valence electrons. The highest BCUT2D eigenvalue weighted by Crippen LogP contribution is 2.21. The number of H-pyrrole nitrogens is 1. The molecule has 0 radical (unpaired) electrons. The number of furan rings is 1. The largest absolute Gasteiger partial charge is 0.472 e. The van der Waals surface area contributed by atoms with Crippen LogP contribution in [0.3, 0.4) is 0 Å². The molecule has 5 nitrogen and oxygen atoms in total. The predicted octanol–water partition coefficient (Wildman–Crippen LogP) is 2.61. The SMILES string of the molecule is COC(=O)c1ccc2nc(-c3ccoc3)[nH]c2c1. The lowest BCUT2D eigenvalue weighted by Gasteiger charge is -1.97. The van der Waals surface area contributed by atoms with E-state index in [0.717, 1.165) is 16.6 Å². The average molecular weight is 242 g/mol. The maximum absolute atomic E-state index is 11.4. The molecule has 0 saturated carbocycles. The summed E-state index contributed by atoms with van der Waals surface area (Å²) < 4.78 is 9.69. The zero-order valence-corrected chi connectivity index (χ0v) is 9.64. The molecule has 0 bridgehead atoms. The topological polar surface area (TPSA) is 68.1 Å². The fraction of sp³-hybridized carbons (Fsp3) is 0.0769. The quantitative estimate of drug-likeness (QED) is 0.701. The number of hydrogen-bond acceptors (Lipinski definition) is 4. The van der Waals surface area contributed by atoms with Crippen molar-refractivity contribution in [2.24, 2.45) is 0 Å². The number of fused-ring (bicyclic) bond motifs is 1. The number of carbonyl (C=O) groups excluding carboxylic acids is 1. The van der Waals surface area contributed by atoms with Crippen LogP contribution in [0.5, 0.6) is 0 Å². The number of hydrogen-bond donors (Lipinski definition) is 1. The Hall–Kier alpha value is -2.56. The Balaban J connectivity index is 2.10. The van der Waals surface area contributed by atoms with E-state index in [0.29, 0.717) is 11.4 Å². The van der Waals surface area contributed by atoms with Gasteiger partial charge in [0, 0.05) is 0 Å². The summed E-state index contributed by atoms with van der Waals surface area (Å²) in [5.41, 5.74) is 2.94. The van der Waals surface area contributed by atoms with Gasteiger partial charge in [-0.25, -0.2) is 9.78 Å². The molecule has 1 N–H and O–H groups in total. The van der Waals surface area contributed by atoms with Crippen LogP contribution < -0.4 is 0 Å². The third-order valence-corrected chi connectivity index (χ3v) is 2.70. The van der Waals surface area contributed by atoms with E-state index in [9.17, 15) is 4.79 Å². The zero-order chi connectivity index (χ0) is 12.5. The van der Waals surface area contributed by atoms with Gasteiger partial charge < -0.3 is 14.1 Å². The number of nitrogens with zero attached hydrogens (tertiary/aromatic N) is 1. The molecule has 2 aromatic heterocycles. The molecule has 3 aromatic rings. The first-order valence-electron chi connectivity index (χ1n) is 5.38. The van der Waals surface area contributed by atoms with Crippen molar-refractivity contribution < 1.29 is 13.9 Å². The van der Waals surface area contributed by atoms with E-state index < -0.39 is 0 Å². The maximum Gasteiger partial charge on any atom is 0.337 e. The maximum atomic E-state index is 11.4. The van der Waals surface area contributed by atoms with Crippen LogP contribution in [0.1, 0.15) is 10.4 Å². The molecule has 0 spiro atoms. The minimum atomic E-state index is -0.364. The van der Waals surface area contributed by atoms with Gasteiger partial charge in [0.15, 0.2) is 0 Å². The summed E-state index contributed by atoms with van der Waals surface area (Å²) in [5.74, 6) is 0.345. The molecule has 0 fully saturated rings. The van der Waals surface area contributed by atoms with E-state index >= 15 is 0 Å². The van der Waals surface area contributed by atoms with Crippen molar-refractivity contribution >= 4 is 17.0 Å². The van der Waals surface area contributed by atoms with Crippen LogP contribution >= 0.6 is 0 Å². The molecule has 0 aliphatic carbocycles. The molecule has 5 heteroatoms. The number of methoxy groups -OCH3 is 1. The lowest BCUT2D eigenvalue weighted by Crippen LogP contribution is -2.00. The minimum absolute atomic E-state index is 0.364. The second kappa shape index (κ2) is 4.03. The van der Waals surface area contributed by atoms with Crippen LogP contribution in [0.2, 0.25) is 0 Å². The summed E-state index contributed by atoms with van der Waals surface area (Å²) in [7, 11) is 1.36. The first kappa shape index (κ1) is 10.6. The van der Waals surface area contributed by atoms with Gasteiger partial charge in [0.05, 0.1) is 35.5 Å². The number of ether oxygens (including phenoxy) is 1. The molecule has 0 amide bonds. The van der Waals surface area contributed by atoms with E-state index in [-0.39, 0.29) is 5.97 Å². The lowest BCUT2D eigenvalue weighted by molar-refractivity contribution is 0.0601. The standard InChI is InChI=1S/C13H10N2O3/c1-17-13(16)8-2-3-10-11(6-8)15-12(14-10)9-4-5-18-7-9/h2-7H,1H3,(H,14,15). The summed E-state index contributed by atoms with van der Waals surface area (Å²) in [5, 5.41) is 0. The molecular formula is C13H10N2O3. The zero-order valence-electron chi connectivity index (χ0n) is 9.64. The number of nitrogens with one attached hydrogen (secondary N) is 1. The number of imidazole rings is 1. The molecule has 1 aromatic carbocycles. The molecule has 3 rings (SSSR count). The Morgan fingerprint density at radius 3 is 3.00 bits per heavy atom. The number of esters is 1. The van der Waals surface area contributed by atoms with E-state index in [2.05, 4.69) is 14.7 Å². The molecule has 0 atom stereocenters. The van der Waals surface area contributed by atoms with Gasteiger partial charge in [-0.3, -0.25) is 0 Å². The summed E-state index contributed by atoms with van der Waals surface area (Å²) in [6.07, 6.45) is 3.20. The second-order valence-electron chi connectivity index (χ2n) is 3.82. The molecule has 0 unspecified atom stereocenters. The van der Waals surface area contributed by atoms with Crippen molar-refractivity contribution in [2.45, 2.75) is 0 Å². The molecule has 2 heterocycles. The molecular weight excluding hydrogens is 232 g/mol. The van der Waals surface area contributed by atoms with Gasteiger partial charge >= 0.3 is 5.97 Å². The minimum Gasteiger partial charge on any atom is -0.472 e. The monoisotopic (exact) mass is 242 g/mol. The van der Waals surface area contributed by atoms with Gasteiger partial charge in [-0.1, -0.05) is 0 Å². The van der Waals surface area contributed by atoms with Crippen LogP contribution in [0.4, 0.5) is 0 Å². The Morgan fingerprint density at radius 2 is 2.28 bits per heavy atom. The molecule has 0 saturated heterocycles. The van der Waals surface area contributed by atoms with Gasteiger partial charge in [0.1, 0.15) is 12.1 Å². The summed E-state index contributed by atoms with van der Waals surface area (Å²) >= 11 is 0. The number of carbonyl (C=O) groups is 1. The summed E-state index contributed by atoms with van der Waals surface area (Å²) in [4.78, 5) is 19.0. The molecule has 0 aliphatic rings. The van der Waals surface area contributed by atoms with Crippen LogP contribution in [-0.4, -0.2) is 23.0 Å². The van der Waals surface area contributed by atoms with Crippen LogP contribution in [0, 0.1) is 0 Å². The summed E-state index contributed by atoms with van der Waals surface area (Å²) in [6, 6.07) is 7.01. The lowest BCUT2D eigenvalue weighted by atomic mass is 10.2. The fourth-order valence-electron chi connectivity index (χ4n) is 1.79. The Labute approximate surface area is 102 Å².